The van der Waals surface area contributed by atoms with Crippen molar-refractivity contribution in [2.75, 3.05) is 0 Å². The number of imidazole rings is 1. The smallest absolute Gasteiger partial charge is 0.220 e. The number of amides is 1. The quantitative estimate of drug-likeness (QED) is 0.888. The SMILES string of the molecule is CC(NC(=O)CCc1nc2ccccc2[nH]1)C1CC2CCC1C2. The lowest BCUT2D eigenvalue weighted by Gasteiger charge is -2.28. The molecule has 23 heavy (non-hydrogen) atoms. The molecule has 2 fully saturated rings. The second-order valence-corrected chi connectivity index (χ2v) is 7.40. The molecule has 4 heteroatoms. The Balaban J connectivity index is 1.30. The first kappa shape index (κ1) is 14.7. The third-order valence-electron chi connectivity index (χ3n) is 5.85. The Morgan fingerprint density at radius 1 is 1.35 bits per heavy atom. The van der Waals surface area contributed by atoms with E-state index in [4.69, 9.17) is 0 Å². The van der Waals surface area contributed by atoms with Gasteiger partial charge in [0.2, 0.25) is 5.91 Å². The van der Waals surface area contributed by atoms with Crippen LogP contribution in [0.5, 0.6) is 0 Å². The molecule has 2 saturated carbocycles. The number of aromatic amines is 1. The minimum Gasteiger partial charge on any atom is -0.353 e. The molecule has 0 aliphatic heterocycles. The van der Waals surface area contributed by atoms with E-state index in [9.17, 15) is 4.79 Å². The van der Waals surface area contributed by atoms with Crippen LogP contribution in [0.2, 0.25) is 0 Å². The lowest BCUT2D eigenvalue weighted by Crippen LogP contribution is -2.40. The number of carbonyl (C=O) groups excluding carboxylic acids is 1. The predicted octanol–water partition coefficient (Wildman–Crippen LogP) is 3.44. The van der Waals surface area contributed by atoms with E-state index in [0.29, 0.717) is 24.8 Å². The fourth-order valence-corrected chi connectivity index (χ4v) is 4.70. The summed E-state index contributed by atoms with van der Waals surface area (Å²) in [5.41, 5.74) is 2.01. The molecule has 4 nitrogen and oxygen atoms in total. The first-order chi connectivity index (χ1) is 11.2. The lowest BCUT2D eigenvalue weighted by molar-refractivity contribution is -0.122. The number of nitrogens with one attached hydrogen (secondary N) is 2. The van der Waals surface area contributed by atoms with Crippen molar-refractivity contribution in [3.63, 3.8) is 0 Å². The van der Waals surface area contributed by atoms with Crippen LogP contribution < -0.4 is 5.32 Å². The first-order valence-corrected chi connectivity index (χ1v) is 8.92. The van der Waals surface area contributed by atoms with Crippen molar-refractivity contribution in [1.29, 1.82) is 0 Å². The highest BCUT2D eigenvalue weighted by molar-refractivity contribution is 5.77. The molecule has 1 aromatic heterocycles. The van der Waals surface area contributed by atoms with Crippen LogP contribution >= 0.6 is 0 Å². The summed E-state index contributed by atoms with van der Waals surface area (Å²) in [6, 6.07) is 8.30. The molecule has 0 spiro atoms. The van der Waals surface area contributed by atoms with Gasteiger partial charge in [0.25, 0.3) is 0 Å². The number of fused-ring (bicyclic) bond motifs is 3. The Kier molecular flexibility index (Phi) is 3.83. The molecule has 4 atom stereocenters. The van der Waals surface area contributed by atoms with Crippen LogP contribution in [-0.4, -0.2) is 21.9 Å². The molecule has 122 valence electrons. The molecule has 1 amide bonds. The second kappa shape index (κ2) is 5.99. The minimum atomic E-state index is 0.153. The highest BCUT2D eigenvalue weighted by atomic mass is 16.1. The van der Waals surface area contributed by atoms with E-state index >= 15 is 0 Å². The van der Waals surface area contributed by atoms with Gasteiger partial charge >= 0.3 is 0 Å². The largest absolute Gasteiger partial charge is 0.353 e. The van der Waals surface area contributed by atoms with Crippen molar-refractivity contribution in [3.05, 3.63) is 30.1 Å². The van der Waals surface area contributed by atoms with Crippen LogP contribution in [0.4, 0.5) is 0 Å². The van der Waals surface area contributed by atoms with Gasteiger partial charge in [0.05, 0.1) is 11.0 Å². The molecular formula is C19H25N3O. The van der Waals surface area contributed by atoms with Crippen molar-refractivity contribution in [2.24, 2.45) is 17.8 Å². The van der Waals surface area contributed by atoms with Gasteiger partial charge in [0.1, 0.15) is 5.82 Å². The van der Waals surface area contributed by atoms with Gasteiger partial charge in [-0.15, -0.1) is 0 Å². The van der Waals surface area contributed by atoms with Gasteiger partial charge < -0.3 is 10.3 Å². The fourth-order valence-electron chi connectivity index (χ4n) is 4.70. The molecule has 2 aliphatic carbocycles. The molecule has 1 aromatic carbocycles. The molecule has 4 rings (SSSR count). The zero-order valence-electron chi connectivity index (χ0n) is 13.7. The maximum absolute atomic E-state index is 12.3. The number of benzene rings is 1. The highest BCUT2D eigenvalue weighted by Crippen LogP contribution is 2.49. The predicted molar refractivity (Wildman–Crippen MR) is 91.0 cm³/mol. The Morgan fingerprint density at radius 3 is 2.96 bits per heavy atom. The topological polar surface area (TPSA) is 57.8 Å². The van der Waals surface area contributed by atoms with Gasteiger partial charge in [0.15, 0.2) is 0 Å². The van der Waals surface area contributed by atoms with Crippen LogP contribution in [0, 0.1) is 17.8 Å². The Morgan fingerprint density at radius 2 is 2.22 bits per heavy atom. The molecule has 0 saturated heterocycles. The van der Waals surface area contributed by atoms with Gasteiger partial charge in [-0.2, -0.15) is 0 Å². The van der Waals surface area contributed by atoms with E-state index in [1.54, 1.807) is 0 Å². The number of aryl methyl sites for hydroxylation is 1. The standard InChI is InChI=1S/C19H25N3O/c1-12(15-11-13-6-7-14(15)10-13)20-19(23)9-8-18-21-16-4-2-3-5-17(16)22-18/h2-5,12-15H,6-11H2,1H3,(H,20,23)(H,21,22). The van der Waals surface area contributed by atoms with Crippen LogP contribution in [0.25, 0.3) is 11.0 Å². The third-order valence-corrected chi connectivity index (χ3v) is 5.85. The summed E-state index contributed by atoms with van der Waals surface area (Å²) < 4.78 is 0. The summed E-state index contributed by atoms with van der Waals surface area (Å²) in [6.45, 7) is 2.18. The Hall–Kier alpha value is -1.84. The summed E-state index contributed by atoms with van der Waals surface area (Å²) in [5.74, 6) is 3.53. The molecule has 2 aliphatic rings. The second-order valence-electron chi connectivity index (χ2n) is 7.40. The average Bonchev–Trinajstić information content (AvgIpc) is 3.26. The Bertz CT molecular complexity index is 674. The van der Waals surface area contributed by atoms with E-state index in [1.807, 2.05) is 24.3 Å². The summed E-state index contributed by atoms with van der Waals surface area (Å²) in [5, 5.41) is 3.23. The summed E-state index contributed by atoms with van der Waals surface area (Å²) in [4.78, 5) is 20.1. The number of carbonyl (C=O) groups is 1. The molecule has 2 bridgehead atoms. The van der Waals surface area contributed by atoms with E-state index in [-0.39, 0.29) is 5.91 Å². The van der Waals surface area contributed by atoms with Crippen LogP contribution in [0.15, 0.2) is 24.3 Å². The van der Waals surface area contributed by atoms with Crippen molar-refractivity contribution >= 4 is 16.9 Å². The average molecular weight is 311 g/mol. The molecule has 1 heterocycles. The summed E-state index contributed by atoms with van der Waals surface area (Å²) in [6.07, 6.45) is 6.66. The molecule has 4 unspecified atom stereocenters. The molecule has 2 aromatic rings. The minimum absolute atomic E-state index is 0.153. The molecule has 0 radical (unpaired) electrons. The number of rotatable bonds is 5. The third kappa shape index (κ3) is 2.99. The van der Waals surface area contributed by atoms with Gasteiger partial charge in [0, 0.05) is 18.9 Å². The molecule has 2 N–H and O–H groups in total. The fraction of sp³-hybridized carbons (Fsp3) is 0.579. The maximum Gasteiger partial charge on any atom is 0.220 e. The summed E-state index contributed by atoms with van der Waals surface area (Å²) >= 11 is 0. The monoisotopic (exact) mass is 311 g/mol. The summed E-state index contributed by atoms with van der Waals surface area (Å²) in [7, 11) is 0. The number of hydrogen-bond acceptors (Lipinski definition) is 2. The van der Waals surface area contributed by atoms with Crippen LogP contribution in [0.3, 0.4) is 0 Å². The van der Waals surface area contributed by atoms with Gasteiger partial charge in [-0.1, -0.05) is 18.6 Å². The van der Waals surface area contributed by atoms with E-state index in [2.05, 4.69) is 22.2 Å². The van der Waals surface area contributed by atoms with Crippen LogP contribution in [0.1, 0.15) is 44.9 Å². The van der Waals surface area contributed by atoms with Crippen molar-refractivity contribution in [1.82, 2.24) is 15.3 Å². The Labute approximate surface area is 137 Å². The lowest BCUT2D eigenvalue weighted by atomic mass is 9.84. The zero-order valence-corrected chi connectivity index (χ0v) is 13.7. The number of aromatic nitrogens is 2. The van der Waals surface area contributed by atoms with Crippen molar-refractivity contribution in [3.8, 4) is 0 Å². The van der Waals surface area contributed by atoms with E-state index in [1.165, 1.54) is 25.7 Å². The number of nitrogens with zero attached hydrogens (tertiary/aromatic N) is 1. The van der Waals surface area contributed by atoms with E-state index < -0.39 is 0 Å². The highest BCUT2D eigenvalue weighted by Gasteiger charge is 2.42. The normalized spacial score (nSPS) is 27.4. The number of hydrogen-bond donors (Lipinski definition) is 2. The van der Waals surface area contributed by atoms with Gasteiger partial charge in [-0.3, -0.25) is 4.79 Å². The number of para-hydroxylation sites is 2. The van der Waals surface area contributed by atoms with E-state index in [0.717, 1.165) is 28.7 Å². The van der Waals surface area contributed by atoms with Crippen LogP contribution in [-0.2, 0) is 11.2 Å². The van der Waals surface area contributed by atoms with Gasteiger partial charge in [-0.05, 0) is 56.1 Å². The number of H-pyrrole nitrogens is 1. The maximum atomic E-state index is 12.3. The van der Waals surface area contributed by atoms with Gasteiger partial charge in [-0.25, -0.2) is 4.98 Å². The molecular weight excluding hydrogens is 286 g/mol. The van der Waals surface area contributed by atoms with Crippen molar-refractivity contribution in [2.45, 2.75) is 51.5 Å². The first-order valence-electron chi connectivity index (χ1n) is 8.92. The van der Waals surface area contributed by atoms with Crippen molar-refractivity contribution < 1.29 is 4.79 Å². The zero-order chi connectivity index (χ0) is 15.8.